The van der Waals surface area contributed by atoms with Gasteiger partial charge in [0.2, 0.25) is 0 Å². The zero-order valence-electron chi connectivity index (χ0n) is 19.8. The number of aliphatic hydroxyl groups excluding tert-OH is 1. The van der Waals surface area contributed by atoms with E-state index in [0.717, 1.165) is 24.2 Å². The molecule has 2 N–H and O–H groups in total. The Kier molecular flexibility index (Phi) is 6.62. The van der Waals surface area contributed by atoms with Crippen LogP contribution in [-0.2, 0) is 9.59 Å². The van der Waals surface area contributed by atoms with Gasteiger partial charge in [-0.1, -0.05) is 48.9 Å². The third kappa shape index (κ3) is 4.65. The fourth-order valence-electron chi connectivity index (χ4n) is 4.25. The maximum Gasteiger partial charge on any atom is 0.301 e. The Morgan fingerprint density at radius 2 is 1.92 bits per heavy atom. The number of carbonyl (C=O) groups is 2. The number of halogens is 1. The van der Waals surface area contributed by atoms with Crippen molar-refractivity contribution in [3.05, 3.63) is 89.2 Å². The molecule has 4 aromatic rings. The molecule has 188 valence electrons. The Hall–Kier alpha value is -4.24. The van der Waals surface area contributed by atoms with Crippen molar-refractivity contribution in [2.45, 2.75) is 25.8 Å². The number of ketones is 1. The molecule has 9 heteroatoms. The lowest BCUT2D eigenvalue weighted by atomic mass is 9.95. The Morgan fingerprint density at radius 3 is 2.70 bits per heavy atom. The van der Waals surface area contributed by atoms with E-state index in [1.807, 2.05) is 6.92 Å². The number of rotatable bonds is 7. The van der Waals surface area contributed by atoms with E-state index >= 15 is 0 Å². The van der Waals surface area contributed by atoms with Crippen molar-refractivity contribution in [3.8, 4) is 11.5 Å². The summed E-state index contributed by atoms with van der Waals surface area (Å²) >= 11 is 1.06. The number of carbonyl (C=O) groups excluding carboxylic acids is 2. The van der Waals surface area contributed by atoms with Crippen LogP contribution in [0.15, 0.2) is 72.3 Å². The molecule has 1 amide bonds. The molecule has 0 saturated carbocycles. The number of amides is 1. The van der Waals surface area contributed by atoms with Gasteiger partial charge in [-0.25, -0.2) is 9.37 Å². The normalized spacial score (nSPS) is 17.0. The summed E-state index contributed by atoms with van der Waals surface area (Å²) in [4.78, 5) is 32.3. The molecule has 1 unspecified atom stereocenters. The number of nitrogens with zero attached hydrogens (tertiary/aromatic N) is 2. The van der Waals surface area contributed by atoms with Crippen molar-refractivity contribution >= 4 is 44.1 Å². The highest BCUT2D eigenvalue weighted by Gasteiger charge is 2.48. The quantitative estimate of drug-likeness (QED) is 0.136. The first-order chi connectivity index (χ1) is 17.9. The maximum atomic E-state index is 13.8. The summed E-state index contributed by atoms with van der Waals surface area (Å²) in [5, 5.41) is 21.7. The van der Waals surface area contributed by atoms with Crippen LogP contribution in [0.5, 0.6) is 11.5 Å². The molecule has 1 saturated heterocycles. The van der Waals surface area contributed by atoms with E-state index in [1.54, 1.807) is 36.4 Å². The van der Waals surface area contributed by atoms with E-state index in [1.165, 1.54) is 35.2 Å². The van der Waals surface area contributed by atoms with Gasteiger partial charge in [0, 0.05) is 5.56 Å². The average Bonchev–Trinajstić information content (AvgIpc) is 3.41. The smallest absolute Gasteiger partial charge is 0.301 e. The lowest BCUT2D eigenvalue weighted by Crippen LogP contribution is -2.29. The molecule has 5 rings (SSSR count). The standard InChI is InChI=1S/C28H23FN2O5S/c1-2-3-12-36-20-9-5-7-17(14-20)25(33)23-24(16-6-4-8-19(32)13-16)31(27(35)26(23)34)28-30-21-11-10-18(29)15-22(21)37-28/h4-11,13-15,24,32-33H,2-3,12H2,1H3/b25-23+. The van der Waals surface area contributed by atoms with Gasteiger partial charge in [-0.05, 0) is 54.4 Å². The van der Waals surface area contributed by atoms with Crippen molar-refractivity contribution in [2.75, 3.05) is 11.5 Å². The maximum absolute atomic E-state index is 13.8. The van der Waals surface area contributed by atoms with E-state index in [0.29, 0.717) is 33.7 Å². The van der Waals surface area contributed by atoms with Crippen molar-refractivity contribution in [1.29, 1.82) is 0 Å². The minimum Gasteiger partial charge on any atom is -0.508 e. The average molecular weight is 519 g/mol. The van der Waals surface area contributed by atoms with Crippen LogP contribution in [0, 0.1) is 5.82 Å². The zero-order valence-corrected chi connectivity index (χ0v) is 20.7. The molecule has 0 spiro atoms. The predicted octanol–water partition coefficient (Wildman–Crippen LogP) is 5.95. The summed E-state index contributed by atoms with van der Waals surface area (Å²) in [7, 11) is 0. The number of aliphatic hydroxyl groups is 1. The van der Waals surface area contributed by atoms with Crippen molar-refractivity contribution in [1.82, 2.24) is 4.98 Å². The van der Waals surface area contributed by atoms with Gasteiger partial charge < -0.3 is 14.9 Å². The second kappa shape index (κ2) is 10.0. The molecule has 0 radical (unpaired) electrons. The molecule has 2 heterocycles. The molecule has 0 aliphatic carbocycles. The number of phenols is 1. The molecule has 7 nitrogen and oxygen atoms in total. The van der Waals surface area contributed by atoms with Gasteiger partial charge in [0.05, 0.1) is 28.4 Å². The summed E-state index contributed by atoms with van der Waals surface area (Å²) < 4.78 is 20.0. The van der Waals surface area contributed by atoms with Crippen LogP contribution < -0.4 is 9.64 Å². The summed E-state index contributed by atoms with van der Waals surface area (Å²) in [6.45, 7) is 2.56. The fourth-order valence-corrected chi connectivity index (χ4v) is 5.27. The highest BCUT2D eigenvalue weighted by molar-refractivity contribution is 7.22. The molecule has 37 heavy (non-hydrogen) atoms. The number of ether oxygens (including phenoxy) is 1. The number of thiazole rings is 1. The summed E-state index contributed by atoms with van der Waals surface area (Å²) in [6.07, 6.45) is 1.83. The summed E-state index contributed by atoms with van der Waals surface area (Å²) in [5.74, 6) is -2.15. The number of unbranched alkanes of at least 4 members (excludes halogenated alkanes) is 1. The Morgan fingerprint density at radius 1 is 1.11 bits per heavy atom. The predicted molar refractivity (Wildman–Crippen MR) is 139 cm³/mol. The molecule has 1 atom stereocenters. The Balaban J connectivity index is 1.65. The minimum atomic E-state index is -1.07. The zero-order chi connectivity index (χ0) is 26.1. The molecule has 1 aromatic heterocycles. The van der Waals surface area contributed by atoms with E-state index in [9.17, 15) is 24.2 Å². The number of aromatic hydroxyl groups is 1. The molecule has 1 aliphatic heterocycles. The highest BCUT2D eigenvalue weighted by atomic mass is 32.1. The lowest BCUT2D eigenvalue weighted by molar-refractivity contribution is -0.132. The first-order valence-corrected chi connectivity index (χ1v) is 12.6. The van der Waals surface area contributed by atoms with Gasteiger partial charge in [-0.2, -0.15) is 0 Å². The van der Waals surface area contributed by atoms with Crippen molar-refractivity contribution in [3.63, 3.8) is 0 Å². The van der Waals surface area contributed by atoms with Gasteiger partial charge in [0.15, 0.2) is 5.13 Å². The molecule has 1 fully saturated rings. The van der Waals surface area contributed by atoms with Crippen LogP contribution in [0.2, 0.25) is 0 Å². The van der Waals surface area contributed by atoms with E-state index < -0.39 is 23.5 Å². The first kappa shape index (κ1) is 24.5. The number of anilines is 1. The first-order valence-electron chi connectivity index (χ1n) is 11.8. The second-order valence-electron chi connectivity index (χ2n) is 8.60. The Bertz CT molecular complexity index is 1550. The topological polar surface area (TPSA) is 100.0 Å². The SMILES string of the molecule is CCCCOc1cccc(/C(O)=C2\C(=O)C(=O)N(c3nc4ccc(F)cc4s3)C2c2cccc(O)c2)c1. The Labute approximate surface area is 216 Å². The number of hydrogen-bond acceptors (Lipinski definition) is 7. The number of Topliss-reactive ketones (excluding diaryl/α,β-unsaturated/α-hetero) is 1. The number of benzene rings is 3. The van der Waals surface area contributed by atoms with Crippen molar-refractivity contribution < 1.29 is 28.9 Å². The number of phenolic OH excluding ortho intramolecular Hbond substituents is 1. The summed E-state index contributed by atoms with van der Waals surface area (Å²) in [6, 6.07) is 15.8. The van der Waals surface area contributed by atoms with Gasteiger partial charge in [0.25, 0.3) is 5.78 Å². The van der Waals surface area contributed by atoms with Gasteiger partial charge in [-0.3, -0.25) is 14.5 Å². The van der Waals surface area contributed by atoms with Gasteiger partial charge >= 0.3 is 5.91 Å². The van der Waals surface area contributed by atoms with Crippen molar-refractivity contribution in [2.24, 2.45) is 0 Å². The highest BCUT2D eigenvalue weighted by Crippen LogP contribution is 2.45. The second-order valence-corrected chi connectivity index (χ2v) is 9.61. The third-order valence-corrected chi connectivity index (χ3v) is 7.07. The monoisotopic (exact) mass is 518 g/mol. The summed E-state index contributed by atoms with van der Waals surface area (Å²) in [5.41, 5.74) is 1.03. The van der Waals surface area contributed by atoms with Crippen LogP contribution in [0.4, 0.5) is 9.52 Å². The molecular formula is C28H23FN2O5S. The lowest BCUT2D eigenvalue weighted by Gasteiger charge is -2.23. The van der Waals surface area contributed by atoms with Crippen LogP contribution in [0.1, 0.15) is 36.9 Å². The van der Waals surface area contributed by atoms with E-state index in [2.05, 4.69) is 4.98 Å². The molecular weight excluding hydrogens is 495 g/mol. The van der Waals surface area contributed by atoms with Crippen LogP contribution in [0.3, 0.4) is 0 Å². The third-order valence-electron chi connectivity index (χ3n) is 6.05. The molecule has 3 aromatic carbocycles. The van der Waals surface area contributed by atoms with Gasteiger partial charge in [0.1, 0.15) is 23.1 Å². The largest absolute Gasteiger partial charge is 0.508 e. The van der Waals surface area contributed by atoms with Crippen LogP contribution in [0.25, 0.3) is 16.0 Å². The van der Waals surface area contributed by atoms with Gasteiger partial charge in [-0.15, -0.1) is 0 Å². The van der Waals surface area contributed by atoms with Crippen LogP contribution in [-0.4, -0.2) is 33.5 Å². The number of fused-ring (bicyclic) bond motifs is 1. The fraction of sp³-hybridized carbons (Fsp3) is 0.179. The number of hydrogen-bond donors (Lipinski definition) is 2. The van der Waals surface area contributed by atoms with Crippen LogP contribution >= 0.6 is 11.3 Å². The number of aromatic nitrogens is 1. The molecule has 0 bridgehead atoms. The van der Waals surface area contributed by atoms with E-state index in [-0.39, 0.29) is 22.2 Å². The van der Waals surface area contributed by atoms with E-state index in [4.69, 9.17) is 4.74 Å². The minimum absolute atomic E-state index is 0.0687. The molecule has 1 aliphatic rings.